The average molecular weight is 390 g/mol. The van der Waals surface area contributed by atoms with Crippen molar-refractivity contribution in [2.45, 2.75) is 18.5 Å². The highest BCUT2D eigenvalue weighted by atomic mass is 16.6. The van der Waals surface area contributed by atoms with Gasteiger partial charge in [0.2, 0.25) is 0 Å². The molecule has 3 heterocycles. The van der Waals surface area contributed by atoms with Crippen molar-refractivity contribution in [2.75, 3.05) is 64.1 Å². The Morgan fingerprint density at radius 2 is 1.43 bits per heavy atom. The fourth-order valence-corrected chi connectivity index (χ4v) is 4.56. The SMILES string of the molecule is O=C1N(c2ccc([N+](=O)[O-])cc2)CCCC1(N1CCOCC1)N1CCOCC1. The Hall–Kier alpha value is -2.07. The lowest BCUT2D eigenvalue weighted by Gasteiger charge is -2.55. The summed E-state index contributed by atoms with van der Waals surface area (Å²) in [6.07, 6.45) is 1.65. The molecule has 0 atom stereocenters. The second-order valence-electron chi connectivity index (χ2n) is 7.35. The summed E-state index contributed by atoms with van der Waals surface area (Å²) in [5.74, 6) is 0.0522. The van der Waals surface area contributed by atoms with Crippen LogP contribution >= 0.6 is 0 Å². The van der Waals surface area contributed by atoms with Gasteiger partial charge in [0.05, 0.1) is 31.4 Å². The highest BCUT2D eigenvalue weighted by Gasteiger charge is 2.53. The van der Waals surface area contributed by atoms with Crippen LogP contribution < -0.4 is 4.90 Å². The van der Waals surface area contributed by atoms with Crippen LogP contribution in [0, 0.1) is 10.1 Å². The molecule has 3 saturated heterocycles. The van der Waals surface area contributed by atoms with Gasteiger partial charge in [-0.05, 0) is 25.0 Å². The van der Waals surface area contributed by atoms with Gasteiger partial charge in [-0.25, -0.2) is 0 Å². The predicted molar refractivity (Wildman–Crippen MR) is 102 cm³/mol. The van der Waals surface area contributed by atoms with Crippen molar-refractivity contribution < 1.29 is 19.2 Å². The summed E-state index contributed by atoms with van der Waals surface area (Å²) in [6.45, 7) is 5.98. The zero-order chi connectivity index (χ0) is 19.6. The molecule has 0 saturated carbocycles. The Morgan fingerprint density at radius 1 is 0.893 bits per heavy atom. The maximum Gasteiger partial charge on any atom is 0.269 e. The van der Waals surface area contributed by atoms with Crippen molar-refractivity contribution in [3.8, 4) is 0 Å². The number of carbonyl (C=O) groups is 1. The minimum Gasteiger partial charge on any atom is -0.379 e. The fourth-order valence-electron chi connectivity index (χ4n) is 4.56. The molecule has 28 heavy (non-hydrogen) atoms. The van der Waals surface area contributed by atoms with Crippen LogP contribution in [0.2, 0.25) is 0 Å². The molecule has 3 aliphatic rings. The molecule has 3 fully saturated rings. The van der Waals surface area contributed by atoms with Crippen LogP contribution in [0.1, 0.15) is 12.8 Å². The molecule has 0 aliphatic carbocycles. The van der Waals surface area contributed by atoms with E-state index in [9.17, 15) is 14.9 Å². The predicted octanol–water partition coefficient (Wildman–Crippen LogP) is 1.08. The van der Waals surface area contributed by atoms with Gasteiger partial charge in [0.1, 0.15) is 0 Å². The number of carbonyl (C=O) groups excluding carboxylic acids is 1. The van der Waals surface area contributed by atoms with Crippen LogP contribution in [0.15, 0.2) is 24.3 Å². The van der Waals surface area contributed by atoms with Gasteiger partial charge in [0.15, 0.2) is 5.66 Å². The van der Waals surface area contributed by atoms with E-state index in [0.29, 0.717) is 38.7 Å². The minimum absolute atomic E-state index is 0.0285. The normalized spacial score (nSPS) is 24.3. The summed E-state index contributed by atoms with van der Waals surface area (Å²) in [7, 11) is 0. The maximum absolute atomic E-state index is 13.9. The van der Waals surface area contributed by atoms with Gasteiger partial charge >= 0.3 is 0 Å². The topological polar surface area (TPSA) is 88.4 Å². The number of nitro benzene ring substituents is 1. The average Bonchev–Trinajstić information content (AvgIpc) is 2.75. The second-order valence-corrected chi connectivity index (χ2v) is 7.35. The number of benzene rings is 1. The number of hydrogen-bond acceptors (Lipinski definition) is 7. The van der Waals surface area contributed by atoms with Gasteiger partial charge in [0, 0.05) is 50.5 Å². The number of hydrogen-bond donors (Lipinski definition) is 0. The largest absolute Gasteiger partial charge is 0.379 e. The summed E-state index contributed by atoms with van der Waals surface area (Å²) in [5, 5.41) is 11.0. The number of nitro groups is 1. The number of morpholine rings is 2. The standard InChI is InChI=1S/C19H26N4O5/c24-18-19(20-8-12-27-13-9-20,21-10-14-28-15-11-21)6-1-7-22(18)16-2-4-17(5-3-16)23(25)26/h2-5H,1,6-15H2. The molecule has 0 bridgehead atoms. The first kappa shape index (κ1) is 19.3. The highest BCUT2D eigenvalue weighted by molar-refractivity contribution is 6.00. The van der Waals surface area contributed by atoms with E-state index in [1.54, 1.807) is 17.0 Å². The van der Waals surface area contributed by atoms with Crippen molar-refractivity contribution in [3.05, 3.63) is 34.4 Å². The molecule has 9 heteroatoms. The number of anilines is 1. The quantitative estimate of drug-likeness (QED) is 0.561. The van der Waals surface area contributed by atoms with Gasteiger partial charge in [0.25, 0.3) is 11.6 Å². The molecule has 0 N–H and O–H groups in total. The summed E-state index contributed by atoms with van der Waals surface area (Å²) in [4.78, 5) is 30.7. The Bertz CT molecular complexity index is 696. The van der Waals surface area contributed by atoms with E-state index in [4.69, 9.17) is 9.47 Å². The van der Waals surface area contributed by atoms with Gasteiger partial charge in [-0.15, -0.1) is 0 Å². The monoisotopic (exact) mass is 390 g/mol. The minimum atomic E-state index is -0.701. The van der Waals surface area contributed by atoms with Crippen molar-refractivity contribution in [2.24, 2.45) is 0 Å². The molecule has 0 unspecified atom stereocenters. The van der Waals surface area contributed by atoms with E-state index in [0.717, 1.165) is 39.0 Å². The molecule has 1 aromatic carbocycles. The van der Waals surface area contributed by atoms with E-state index in [1.807, 2.05) is 0 Å². The third-order valence-corrected chi connectivity index (χ3v) is 5.94. The summed E-state index contributed by atoms with van der Waals surface area (Å²) in [6, 6.07) is 6.26. The number of piperidine rings is 1. The molecule has 4 rings (SSSR count). The first-order chi connectivity index (χ1) is 13.6. The maximum atomic E-state index is 13.9. The summed E-state index contributed by atoms with van der Waals surface area (Å²) >= 11 is 0. The van der Waals surface area contributed by atoms with E-state index < -0.39 is 10.6 Å². The third kappa shape index (κ3) is 3.39. The molecular formula is C19H26N4O5. The van der Waals surface area contributed by atoms with Crippen LogP contribution in [0.25, 0.3) is 0 Å². The highest BCUT2D eigenvalue weighted by Crippen LogP contribution is 2.36. The van der Waals surface area contributed by atoms with Crippen LogP contribution in [0.3, 0.4) is 0 Å². The van der Waals surface area contributed by atoms with Gasteiger partial charge in [-0.3, -0.25) is 24.7 Å². The van der Waals surface area contributed by atoms with Crippen LogP contribution in [-0.4, -0.2) is 85.4 Å². The Kier molecular flexibility index (Phi) is 5.58. The molecule has 0 aromatic heterocycles. The second kappa shape index (κ2) is 8.12. The van der Waals surface area contributed by atoms with Crippen molar-refractivity contribution in [1.82, 2.24) is 9.80 Å². The van der Waals surface area contributed by atoms with Crippen molar-refractivity contribution in [3.63, 3.8) is 0 Å². The number of amides is 1. The van der Waals surface area contributed by atoms with E-state index in [-0.39, 0.29) is 11.6 Å². The van der Waals surface area contributed by atoms with Crippen LogP contribution in [-0.2, 0) is 14.3 Å². The zero-order valence-electron chi connectivity index (χ0n) is 15.9. The zero-order valence-corrected chi connectivity index (χ0v) is 15.9. The van der Waals surface area contributed by atoms with Gasteiger partial charge in [-0.2, -0.15) is 0 Å². The number of ether oxygens (including phenoxy) is 2. The Balaban J connectivity index is 1.67. The first-order valence-electron chi connectivity index (χ1n) is 9.85. The van der Waals surface area contributed by atoms with Crippen molar-refractivity contribution in [1.29, 1.82) is 0 Å². The lowest BCUT2D eigenvalue weighted by atomic mass is 9.91. The lowest BCUT2D eigenvalue weighted by molar-refractivity contribution is -0.384. The Morgan fingerprint density at radius 3 is 1.93 bits per heavy atom. The first-order valence-corrected chi connectivity index (χ1v) is 9.85. The summed E-state index contributed by atoms with van der Waals surface area (Å²) < 4.78 is 11.1. The molecule has 1 aromatic rings. The molecule has 0 spiro atoms. The summed E-state index contributed by atoms with van der Waals surface area (Å²) in [5.41, 5.74) is 0.0372. The van der Waals surface area contributed by atoms with Crippen LogP contribution in [0.5, 0.6) is 0 Å². The number of nitrogens with zero attached hydrogens (tertiary/aromatic N) is 4. The van der Waals surface area contributed by atoms with Gasteiger partial charge in [-0.1, -0.05) is 0 Å². The number of non-ortho nitro benzene ring substituents is 1. The van der Waals surface area contributed by atoms with Gasteiger partial charge < -0.3 is 14.4 Å². The third-order valence-electron chi connectivity index (χ3n) is 5.94. The van der Waals surface area contributed by atoms with E-state index >= 15 is 0 Å². The molecule has 9 nitrogen and oxygen atoms in total. The van der Waals surface area contributed by atoms with E-state index in [1.165, 1.54) is 12.1 Å². The molecule has 1 amide bonds. The lowest BCUT2D eigenvalue weighted by Crippen LogP contribution is -2.73. The van der Waals surface area contributed by atoms with Crippen molar-refractivity contribution >= 4 is 17.3 Å². The van der Waals surface area contributed by atoms with E-state index in [2.05, 4.69) is 9.80 Å². The Labute approximate surface area is 163 Å². The molecular weight excluding hydrogens is 364 g/mol. The molecule has 0 radical (unpaired) electrons. The molecule has 3 aliphatic heterocycles. The smallest absolute Gasteiger partial charge is 0.269 e. The molecule has 152 valence electrons. The fraction of sp³-hybridized carbons (Fsp3) is 0.632. The van der Waals surface area contributed by atoms with Crippen LogP contribution in [0.4, 0.5) is 11.4 Å². The number of rotatable bonds is 4.